The van der Waals surface area contributed by atoms with E-state index in [9.17, 15) is 9.90 Å². The van der Waals surface area contributed by atoms with E-state index in [1.807, 2.05) is 72.8 Å². The molecule has 2 heterocycles. The molecule has 0 radical (unpaired) electrons. The molecule has 0 saturated carbocycles. The van der Waals surface area contributed by atoms with Crippen molar-refractivity contribution in [2.45, 2.75) is 43.9 Å². The predicted octanol–water partition coefficient (Wildman–Crippen LogP) is 2.92. The Bertz CT molecular complexity index is 1080. The molecule has 2 fully saturated rings. The Kier molecular flexibility index (Phi) is 5.80. The van der Waals surface area contributed by atoms with E-state index in [1.165, 1.54) is 6.92 Å². The SMILES string of the molecule is CC(=O)N[C@@H]1[C@H](Oc2cccc3ccccc23)O[C@@H]2CO[C@@H](c3ccccc3)O[C@@H]2[C@@H]1O. The van der Waals surface area contributed by atoms with Crippen LogP contribution in [-0.4, -0.2) is 48.3 Å². The van der Waals surface area contributed by atoms with Gasteiger partial charge < -0.3 is 29.4 Å². The second-order valence-corrected chi connectivity index (χ2v) is 8.03. The normalized spacial score (nSPS) is 29.8. The number of aliphatic hydroxyl groups is 1. The number of benzene rings is 3. The van der Waals surface area contributed by atoms with Gasteiger partial charge in [0.15, 0.2) is 6.29 Å². The van der Waals surface area contributed by atoms with Crippen molar-refractivity contribution in [1.29, 1.82) is 0 Å². The number of hydrogen-bond acceptors (Lipinski definition) is 6. The molecule has 3 aromatic carbocycles. The molecule has 2 aliphatic heterocycles. The molecule has 0 bridgehead atoms. The highest BCUT2D eigenvalue weighted by molar-refractivity contribution is 5.88. The molecule has 5 rings (SSSR count). The predicted molar refractivity (Wildman–Crippen MR) is 117 cm³/mol. The van der Waals surface area contributed by atoms with Crippen molar-refractivity contribution in [2.75, 3.05) is 6.61 Å². The molecule has 166 valence electrons. The summed E-state index contributed by atoms with van der Waals surface area (Å²) in [5, 5.41) is 15.9. The zero-order chi connectivity index (χ0) is 22.1. The van der Waals surface area contributed by atoms with Gasteiger partial charge in [-0.15, -0.1) is 0 Å². The number of nitrogens with one attached hydrogen (secondary N) is 1. The molecule has 0 spiro atoms. The van der Waals surface area contributed by atoms with E-state index in [1.54, 1.807) is 0 Å². The second-order valence-electron chi connectivity index (χ2n) is 8.03. The topological polar surface area (TPSA) is 86.3 Å². The Labute approximate surface area is 185 Å². The standard InChI is InChI=1S/C25H25NO6/c1-15(27)26-21-22(28)23-20(14-29-24(32-23)17-9-3-2-4-10-17)31-25(21)30-19-13-7-11-16-8-5-6-12-18(16)19/h2-13,20-25,28H,14H2,1H3,(H,26,27)/t20-,21+,22-,23+,24-,25-/m1/s1. The van der Waals surface area contributed by atoms with Gasteiger partial charge in [-0.05, 0) is 11.5 Å². The van der Waals surface area contributed by atoms with Crippen LogP contribution in [0.1, 0.15) is 18.8 Å². The molecule has 32 heavy (non-hydrogen) atoms. The second kappa shape index (κ2) is 8.88. The van der Waals surface area contributed by atoms with Crippen LogP contribution in [0.3, 0.4) is 0 Å². The van der Waals surface area contributed by atoms with Gasteiger partial charge in [0.25, 0.3) is 0 Å². The van der Waals surface area contributed by atoms with Crippen LogP contribution in [0, 0.1) is 0 Å². The number of aliphatic hydroxyl groups excluding tert-OH is 1. The minimum atomic E-state index is -1.05. The van der Waals surface area contributed by atoms with Gasteiger partial charge >= 0.3 is 0 Å². The lowest BCUT2D eigenvalue weighted by Gasteiger charge is -2.47. The molecule has 0 aliphatic carbocycles. The van der Waals surface area contributed by atoms with Gasteiger partial charge in [-0.25, -0.2) is 0 Å². The van der Waals surface area contributed by atoms with Crippen LogP contribution < -0.4 is 10.1 Å². The Morgan fingerprint density at radius 2 is 1.75 bits per heavy atom. The van der Waals surface area contributed by atoms with Crippen LogP contribution in [-0.2, 0) is 19.0 Å². The summed E-state index contributed by atoms with van der Waals surface area (Å²) in [5.74, 6) is 0.309. The largest absolute Gasteiger partial charge is 0.462 e. The minimum absolute atomic E-state index is 0.226. The molecule has 3 aromatic rings. The van der Waals surface area contributed by atoms with Crippen LogP contribution in [0.5, 0.6) is 5.75 Å². The zero-order valence-corrected chi connectivity index (χ0v) is 17.6. The molecule has 2 N–H and O–H groups in total. The molecule has 7 heteroatoms. The van der Waals surface area contributed by atoms with Gasteiger partial charge in [0.05, 0.1) is 6.61 Å². The van der Waals surface area contributed by atoms with E-state index in [0.717, 1.165) is 16.3 Å². The maximum atomic E-state index is 11.9. The molecule has 6 atom stereocenters. The third kappa shape index (κ3) is 4.08. The summed E-state index contributed by atoms with van der Waals surface area (Å²) in [6.45, 7) is 1.62. The average molecular weight is 435 g/mol. The highest BCUT2D eigenvalue weighted by atomic mass is 16.7. The van der Waals surface area contributed by atoms with Crippen LogP contribution in [0.25, 0.3) is 10.8 Å². The number of fused-ring (bicyclic) bond motifs is 2. The van der Waals surface area contributed by atoms with Crippen LogP contribution in [0.2, 0.25) is 0 Å². The van der Waals surface area contributed by atoms with E-state index in [4.69, 9.17) is 18.9 Å². The van der Waals surface area contributed by atoms with Gasteiger partial charge in [0.2, 0.25) is 12.2 Å². The van der Waals surface area contributed by atoms with Gasteiger partial charge in [0.1, 0.15) is 30.1 Å². The number of carbonyl (C=O) groups is 1. The Balaban J connectivity index is 1.40. The van der Waals surface area contributed by atoms with Gasteiger partial charge in [-0.3, -0.25) is 4.79 Å². The van der Waals surface area contributed by atoms with E-state index < -0.39 is 36.9 Å². The highest BCUT2D eigenvalue weighted by Gasteiger charge is 2.50. The summed E-state index contributed by atoms with van der Waals surface area (Å²) in [5.41, 5.74) is 0.850. The van der Waals surface area contributed by atoms with Crippen molar-refractivity contribution in [3.8, 4) is 5.75 Å². The molecule has 2 saturated heterocycles. The van der Waals surface area contributed by atoms with Crippen molar-refractivity contribution in [3.05, 3.63) is 78.4 Å². The molecule has 2 aliphatic rings. The number of amides is 1. The monoisotopic (exact) mass is 435 g/mol. The molecule has 0 unspecified atom stereocenters. The van der Waals surface area contributed by atoms with Crippen molar-refractivity contribution in [3.63, 3.8) is 0 Å². The summed E-state index contributed by atoms with van der Waals surface area (Å²) in [6.07, 6.45) is -3.81. The van der Waals surface area contributed by atoms with Gasteiger partial charge in [-0.1, -0.05) is 66.7 Å². The van der Waals surface area contributed by atoms with E-state index in [0.29, 0.717) is 5.75 Å². The lowest BCUT2D eigenvalue weighted by molar-refractivity contribution is -0.333. The van der Waals surface area contributed by atoms with E-state index >= 15 is 0 Å². The van der Waals surface area contributed by atoms with Crippen molar-refractivity contribution in [1.82, 2.24) is 5.32 Å². The first-order valence-electron chi connectivity index (χ1n) is 10.7. The quantitative estimate of drug-likeness (QED) is 0.656. The first-order chi connectivity index (χ1) is 15.6. The molecular weight excluding hydrogens is 410 g/mol. The first-order valence-corrected chi connectivity index (χ1v) is 10.7. The number of hydrogen-bond donors (Lipinski definition) is 2. The summed E-state index contributed by atoms with van der Waals surface area (Å²) in [7, 11) is 0. The van der Waals surface area contributed by atoms with Crippen LogP contribution in [0.4, 0.5) is 0 Å². The fourth-order valence-electron chi connectivity index (χ4n) is 4.28. The average Bonchev–Trinajstić information content (AvgIpc) is 2.82. The lowest BCUT2D eigenvalue weighted by atomic mass is 9.95. The molecule has 1 amide bonds. The Morgan fingerprint density at radius 3 is 2.56 bits per heavy atom. The van der Waals surface area contributed by atoms with Crippen LogP contribution >= 0.6 is 0 Å². The highest BCUT2D eigenvalue weighted by Crippen LogP contribution is 2.36. The Morgan fingerprint density at radius 1 is 1.00 bits per heavy atom. The zero-order valence-electron chi connectivity index (χ0n) is 17.6. The van der Waals surface area contributed by atoms with E-state index in [2.05, 4.69) is 5.32 Å². The van der Waals surface area contributed by atoms with Crippen molar-refractivity contribution >= 4 is 16.7 Å². The number of carbonyl (C=O) groups excluding carboxylic acids is 1. The maximum Gasteiger partial charge on any atom is 0.223 e. The van der Waals surface area contributed by atoms with Crippen LogP contribution in [0.15, 0.2) is 72.8 Å². The van der Waals surface area contributed by atoms with Crippen molar-refractivity contribution < 1.29 is 28.8 Å². The summed E-state index contributed by atoms with van der Waals surface area (Å²) >= 11 is 0. The Hall–Kier alpha value is -2.97. The lowest BCUT2D eigenvalue weighted by Crippen LogP contribution is -2.67. The third-order valence-electron chi connectivity index (χ3n) is 5.80. The number of ether oxygens (including phenoxy) is 4. The fraction of sp³-hybridized carbons (Fsp3) is 0.320. The molecule has 0 aromatic heterocycles. The van der Waals surface area contributed by atoms with Gasteiger partial charge in [-0.2, -0.15) is 0 Å². The smallest absolute Gasteiger partial charge is 0.223 e. The summed E-state index contributed by atoms with van der Waals surface area (Å²) in [4.78, 5) is 11.9. The van der Waals surface area contributed by atoms with Crippen molar-refractivity contribution in [2.24, 2.45) is 0 Å². The summed E-state index contributed by atoms with van der Waals surface area (Å²) in [6, 6.07) is 22.3. The van der Waals surface area contributed by atoms with E-state index in [-0.39, 0.29) is 12.5 Å². The fourth-order valence-corrected chi connectivity index (χ4v) is 4.28. The van der Waals surface area contributed by atoms with Gasteiger partial charge in [0, 0.05) is 17.9 Å². The first kappa shape index (κ1) is 20.9. The molecule has 7 nitrogen and oxygen atoms in total. The molecular formula is C25H25NO6. The minimum Gasteiger partial charge on any atom is -0.462 e. The maximum absolute atomic E-state index is 11.9. The third-order valence-corrected chi connectivity index (χ3v) is 5.80. The summed E-state index contributed by atoms with van der Waals surface area (Å²) < 4.78 is 24.3. The number of rotatable bonds is 4.